The number of carbonyl (C=O) groups is 1. The third-order valence-electron chi connectivity index (χ3n) is 2.73. The first-order chi connectivity index (χ1) is 6.15. The second kappa shape index (κ2) is 7.07. The van der Waals surface area contributed by atoms with Crippen LogP contribution in [0, 0.1) is 5.92 Å². The average molecular weight is 185 g/mol. The Hall–Kier alpha value is -0.370. The zero-order chi connectivity index (χ0) is 10.3. The van der Waals surface area contributed by atoms with Crippen molar-refractivity contribution >= 4 is 5.78 Å². The molecule has 0 rings (SSSR count). The standard InChI is InChI=1S/C11H23NO/c1-5-10(4)11(13)8-9-12(6-2)7-3/h10H,5-9H2,1-4H3. The van der Waals surface area contributed by atoms with Gasteiger partial charge in [0, 0.05) is 18.9 Å². The van der Waals surface area contributed by atoms with E-state index in [-0.39, 0.29) is 5.92 Å². The SMILES string of the molecule is CCC(C)C(=O)CCN(CC)CC. The Morgan fingerprint density at radius 2 is 1.77 bits per heavy atom. The Balaban J connectivity index is 3.68. The highest BCUT2D eigenvalue weighted by molar-refractivity contribution is 5.80. The lowest BCUT2D eigenvalue weighted by molar-refractivity contribution is -0.122. The molecule has 0 heterocycles. The summed E-state index contributed by atoms with van der Waals surface area (Å²) in [5, 5.41) is 0. The Kier molecular flexibility index (Phi) is 6.87. The minimum Gasteiger partial charge on any atom is -0.303 e. The van der Waals surface area contributed by atoms with Crippen molar-refractivity contribution in [3.63, 3.8) is 0 Å². The van der Waals surface area contributed by atoms with Gasteiger partial charge >= 0.3 is 0 Å². The van der Waals surface area contributed by atoms with Gasteiger partial charge in [0.15, 0.2) is 0 Å². The third kappa shape index (κ3) is 5.04. The monoisotopic (exact) mass is 185 g/mol. The number of rotatable bonds is 7. The van der Waals surface area contributed by atoms with E-state index in [1.165, 1.54) is 0 Å². The minimum absolute atomic E-state index is 0.246. The largest absolute Gasteiger partial charge is 0.303 e. The highest BCUT2D eigenvalue weighted by Gasteiger charge is 2.11. The van der Waals surface area contributed by atoms with Crippen LogP contribution in [0.5, 0.6) is 0 Å². The fraction of sp³-hybridized carbons (Fsp3) is 0.909. The second-order valence-electron chi connectivity index (χ2n) is 3.55. The Labute approximate surface area is 82.3 Å². The van der Waals surface area contributed by atoms with Crippen LogP contribution in [0.25, 0.3) is 0 Å². The molecule has 2 nitrogen and oxygen atoms in total. The molecule has 0 spiro atoms. The van der Waals surface area contributed by atoms with Gasteiger partial charge in [0.1, 0.15) is 5.78 Å². The van der Waals surface area contributed by atoms with Crippen molar-refractivity contribution in [3.8, 4) is 0 Å². The molecule has 78 valence electrons. The predicted octanol–water partition coefficient (Wildman–Crippen LogP) is 2.33. The van der Waals surface area contributed by atoms with Gasteiger partial charge < -0.3 is 4.90 Å². The summed E-state index contributed by atoms with van der Waals surface area (Å²) in [5.41, 5.74) is 0. The Morgan fingerprint density at radius 3 is 2.15 bits per heavy atom. The van der Waals surface area contributed by atoms with Crippen LogP contribution in [-0.4, -0.2) is 30.3 Å². The zero-order valence-corrected chi connectivity index (χ0v) is 9.47. The van der Waals surface area contributed by atoms with Gasteiger partial charge in [-0.3, -0.25) is 4.79 Å². The maximum Gasteiger partial charge on any atom is 0.136 e. The number of carbonyl (C=O) groups excluding carboxylic acids is 1. The summed E-state index contributed by atoms with van der Waals surface area (Å²) in [7, 11) is 0. The van der Waals surface area contributed by atoms with E-state index in [0.29, 0.717) is 5.78 Å². The van der Waals surface area contributed by atoms with Gasteiger partial charge in [-0.25, -0.2) is 0 Å². The van der Waals surface area contributed by atoms with Crippen molar-refractivity contribution in [1.29, 1.82) is 0 Å². The predicted molar refractivity (Wildman–Crippen MR) is 56.9 cm³/mol. The van der Waals surface area contributed by atoms with Crippen LogP contribution in [0.15, 0.2) is 0 Å². The fourth-order valence-electron chi connectivity index (χ4n) is 1.28. The van der Waals surface area contributed by atoms with Gasteiger partial charge in [-0.2, -0.15) is 0 Å². The summed E-state index contributed by atoms with van der Waals surface area (Å²) in [6.07, 6.45) is 1.69. The van der Waals surface area contributed by atoms with Gasteiger partial charge in [0.05, 0.1) is 0 Å². The van der Waals surface area contributed by atoms with E-state index in [2.05, 4.69) is 25.7 Å². The lowest BCUT2D eigenvalue weighted by Crippen LogP contribution is -2.27. The van der Waals surface area contributed by atoms with Gasteiger partial charge in [0.2, 0.25) is 0 Å². The first-order valence-corrected chi connectivity index (χ1v) is 5.40. The third-order valence-corrected chi connectivity index (χ3v) is 2.73. The highest BCUT2D eigenvalue weighted by Crippen LogP contribution is 2.05. The van der Waals surface area contributed by atoms with Crippen LogP contribution in [0.4, 0.5) is 0 Å². The van der Waals surface area contributed by atoms with Crippen LogP contribution in [-0.2, 0) is 4.79 Å². The van der Waals surface area contributed by atoms with Crippen molar-refractivity contribution in [2.75, 3.05) is 19.6 Å². The lowest BCUT2D eigenvalue weighted by Gasteiger charge is -2.18. The topological polar surface area (TPSA) is 20.3 Å². The van der Waals surface area contributed by atoms with Crippen LogP contribution in [0.2, 0.25) is 0 Å². The number of ketones is 1. The Morgan fingerprint density at radius 1 is 1.23 bits per heavy atom. The van der Waals surface area contributed by atoms with Crippen LogP contribution in [0.1, 0.15) is 40.5 Å². The molecule has 2 heteroatoms. The van der Waals surface area contributed by atoms with E-state index in [1.807, 2.05) is 6.92 Å². The van der Waals surface area contributed by atoms with Crippen molar-refractivity contribution in [2.45, 2.75) is 40.5 Å². The van der Waals surface area contributed by atoms with Crippen LogP contribution < -0.4 is 0 Å². The summed E-state index contributed by atoms with van der Waals surface area (Å²) in [6.45, 7) is 11.4. The van der Waals surface area contributed by atoms with E-state index in [9.17, 15) is 4.79 Å². The Bertz CT molecular complexity index is 141. The van der Waals surface area contributed by atoms with E-state index in [1.54, 1.807) is 0 Å². The molecule has 13 heavy (non-hydrogen) atoms. The molecule has 0 aromatic carbocycles. The molecule has 0 saturated carbocycles. The fourth-order valence-corrected chi connectivity index (χ4v) is 1.28. The summed E-state index contributed by atoms with van der Waals surface area (Å²) in [4.78, 5) is 13.8. The molecule has 0 N–H and O–H groups in total. The first-order valence-electron chi connectivity index (χ1n) is 5.40. The van der Waals surface area contributed by atoms with Gasteiger partial charge in [-0.15, -0.1) is 0 Å². The van der Waals surface area contributed by atoms with E-state index in [0.717, 1.165) is 32.5 Å². The summed E-state index contributed by atoms with van der Waals surface area (Å²) < 4.78 is 0. The molecule has 0 saturated heterocycles. The van der Waals surface area contributed by atoms with Crippen LogP contribution in [0.3, 0.4) is 0 Å². The molecule has 1 atom stereocenters. The van der Waals surface area contributed by atoms with Crippen molar-refractivity contribution in [3.05, 3.63) is 0 Å². The molecule has 0 fully saturated rings. The smallest absolute Gasteiger partial charge is 0.136 e. The molecule has 0 aliphatic rings. The molecular weight excluding hydrogens is 162 g/mol. The molecule has 0 aromatic heterocycles. The molecule has 1 unspecified atom stereocenters. The first kappa shape index (κ1) is 12.6. The number of hydrogen-bond donors (Lipinski definition) is 0. The highest BCUT2D eigenvalue weighted by atomic mass is 16.1. The van der Waals surface area contributed by atoms with Gasteiger partial charge in [-0.05, 0) is 19.5 Å². The number of nitrogens with zero attached hydrogens (tertiary/aromatic N) is 1. The average Bonchev–Trinajstić information content (AvgIpc) is 2.17. The molecule has 0 bridgehead atoms. The molecule has 0 radical (unpaired) electrons. The maximum atomic E-state index is 11.5. The summed E-state index contributed by atoms with van der Waals surface area (Å²) >= 11 is 0. The van der Waals surface area contributed by atoms with E-state index >= 15 is 0 Å². The lowest BCUT2D eigenvalue weighted by atomic mass is 10.0. The van der Waals surface area contributed by atoms with Crippen molar-refractivity contribution in [2.24, 2.45) is 5.92 Å². The number of hydrogen-bond acceptors (Lipinski definition) is 2. The van der Waals surface area contributed by atoms with E-state index in [4.69, 9.17) is 0 Å². The molecule has 0 aliphatic heterocycles. The second-order valence-corrected chi connectivity index (χ2v) is 3.55. The van der Waals surface area contributed by atoms with E-state index < -0.39 is 0 Å². The summed E-state index contributed by atoms with van der Waals surface area (Å²) in [6, 6.07) is 0. The maximum absolute atomic E-state index is 11.5. The summed E-state index contributed by atoms with van der Waals surface area (Å²) in [5.74, 6) is 0.657. The quantitative estimate of drug-likeness (QED) is 0.606. The van der Waals surface area contributed by atoms with Crippen molar-refractivity contribution < 1.29 is 4.79 Å². The van der Waals surface area contributed by atoms with Crippen LogP contribution >= 0.6 is 0 Å². The van der Waals surface area contributed by atoms with Gasteiger partial charge in [-0.1, -0.05) is 27.7 Å². The minimum atomic E-state index is 0.246. The molecule has 0 aliphatic carbocycles. The zero-order valence-electron chi connectivity index (χ0n) is 9.47. The van der Waals surface area contributed by atoms with Crippen molar-refractivity contribution in [1.82, 2.24) is 4.90 Å². The normalized spacial score (nSPS) is 13.3. The number of Topliss-reactive ketones (excluding diaryl/α,β-unsaturated/α-hetero) is 1. The molecular formula is C11H23NO. The van der Waals surface area contributed by atoms with Gasteiger partial charge in [0.25, 0.3) is 0 Å². The molecule has 0 amide bonds. The molecule has 0 aromatic rings.